The summed E-state index contributed by atoms with van der Waals surface area (Å²) in [4.78, 5) is 15.1. The van der Waals surface area contributed by atoms with E-state index in [0.717, 1.165) is 47.8 Å². The van der Waals surface area contributed by atoms with Crippen molar-refractivity contribution in [3.05, 3.63) is 40.2 Å². The third-order valence-electron chi connectivity index (χ3n) is 3.78. The number of morpholine rings is 1. The fraction of sp³-hybridized carbons (Fsp3) is 0.353. The molecule has 0 radical (unpaired) electrons. The van der Waals surface area contributed by atoms with Crippen molar-refractivity contribution in [1.82, 2.24) is 10.2 Å². The minimum absolute atomic E-state index is 0.0909. The average Bonchev–Trinajstić information content (AvgIpc) is 2.90. The Kier molecular flexibility index (Phi) is 5.67. The van der Waals surface area contributed by atoms with Gasteiger partial charge in [-0.2, -0.15) is 0 Å². The van der Waals surface area contributed by atoms with Crippen LogP contribution in [0.25, 0.3) is 16.2 Å². The number of thiophene rings is 1. The predicted octanol–water partition coefficient (Wildman–Crippen LogP) is 3.02. The Labute approximate surface area is 144 Å². The van der Waals surface area contributed by atoms with Crippen LogP contribution in [0, 0.1) is 0 Å². The molecular formula is C17H19ClN2O2S. The minimum Gasteiger partial charge on any atom is -0.379 e. The number of ether oxygens (including phenoxy) is 1. The Bertz CT molecular complexity index is 708. The van der Waals surface area contributed by atoms with E-state index in [0.29, 0.717) is 11.6 Å². The van der Waals surface area contributed by atoms with Gasteiger partial charge in [0.05, 0.1) is 18.2 Å². The first kappa shape index (κ1) is 16.5. The molecule has 1 N–H and O–H groups in total. The Morgan fingerprint density at radius 1 is 1.35 bits per heavy atom. The molecule has 2 heterocycles. The van der Waals surface area contributed by atoms with Gasteiger partial charge >= 0.3 is 0 Å². The number of fused-ring (bicyclic) bond motifs is 1. The molecule has 4 nitrogen and oxygen atoms in total. The highest BCUT2D eigenvalue weighted by atomic mass is 35.5. The van der Waals surface area contributed by atoms with Gasteiger partial charge in [-0.25, -0.2) is 0 Å². The average molecular weight is 351 g/mol. The van der Waals surface area contributed by atoms with Gasteiger partial charge < -0.3 is 10.1 Å². The van der Waals surface area contributed by atoms with Crippen molar-refractivity contribution < 1.29 is 9.53 Å². The summed E-state index contributed by atoms with van der Waals surface area (Å²) in [6.45, 7) is 4.92. The fourth-order valence-corrected chi connectivity index (χ4v) is 3.91. The third kappa shape index (κ3) is 4.32. The summed E-state index contributed by atoms with van der Waals surface area (Å²) < 4.78 is 6.43. The van der Waals surface area contributed by atoms with E-state index in [9.17, 15) is 4.79 Å². The highest BCUT2D eigenvalue weighted by molar-refractivity contribution is 7.20. The van der Waals surface area contributed by atoms with Crippen molar-refractivity contribution in [3.8, 4) is 0 Å². The Morgan fingerprint density at radius 3 is 2.91 bits per heavy atom. The van der Waals surface area contributed by atoms with Crippen LogP contribution < -0.4 is 5.32 Å². The zero-order valence-corrected chi connectivity index (χ0v) is 14.3. The maximum Gasteiger partial charge on any atom is 0.244 e. The summed E-state index contributed by atoms with van der Waals surface area (Å²) in [6.07, 6.45) is 3.34. The van der Waals surface area contributed by atoms with Crippen LogP contribution in [0.4, 0.5) is 0 Å². The predicted molar refractivity (Wildman–Crippen MR) is 96.1 cm³/mol. The van der Waals surface area contributed by atoms with E-state index in [-0.39, 0.29) is 5.91 Å². The van der Waals surface area contributed by atoms with E-state index >= 15 is 0 Å². The second kappa shape index (κ2) is 7.93. The maximum atomic E-state index is 11.9. The van der Waals surface area contributed by atoms with Crippen molar-refractivity contribution in [3.63, 3.8) is 0 Å². The molecule has 0 aliphatic carbocycles. The summed E-state index contributed by atoms with van der Waals surface area (Å²) in [6, 6.07) is 7.98. The molecule has 1 aliphatic heterocycles. The molecule has 1 amide bonds. The van der Waals surface area contributed by atoms with Crippen molar-refractivity contribution in [2.75, 3.05) is 39.4 Å². The number of carbonyl (C=O) groups excluding carboxylic acids is 1. The van der Waals surface area contributed by atoms with Crippen LogP contribution in [0.1, 0.15) is 4.88 Å². The number of hydrogen-bond donors (Lipinski definition) is 1. The van der Waals surface area contributed by atoms with Crippen LogP contribution in [0.15, 0.2) is 30.3 Å². The normalized spacial score (nSPS) is 16.2. The first-order chi connectivity index (χ1) is 11.2. The van der Waals surface area contributed by atoms with Gasteiger partial charge in [0.2, 0.25) is 5.91 Å². The van der Waals surface area contributed by atoms with Crippen LogP contribution in [-0.2, 0) is 9.53 Å². The molecule has 122 valence electrons. The Morgan fingerprint density at radius 2 is 2.13 bits per heavy atom. The molecule has 0 atom stereocenters. The number of carbonyl (C=O) groups is 1. The first-order valence-electron chi connectivity index (χ1n) is 7.67. The summed E-state index contributed by atoms with van der Waals surface area (Å²) in [7, 11) is 0. The maximum absolute atomic E-state index is 11.9. The molecule has 6 heteroatoms. The number of halogens is 1. The second-order valence-corrected chi connectivity index (χ2v) is 6.82. The van der Waals surface area contributed by atoms with E-state index in [1.165, 1.54) is 0 Å². The van der Waals surface area contributed by atoms with Gasteiger partial charge in [-0.3, -0.25) is 9.69 Å². The number of amides is 1. The molecule has 3 rings (SSSR count). The highest BCUT2D eigenvalue weighted by Crippen LogP contribution is 2.35. The number of rotatable bonds is 5. The molecule has 23 heavy (non-hydrogen) atoms. The van der Waals surface area contributed by atoms with Gasteiger partial charge in [0, 0.05) is 47.2 Å². The van der Waals surface area contributed by atoms with E-state index in [1.807, 2.05) is 24.3 Å². The molecule has 0 saturated carbocycles. The third-order valence-corrected chi connectivity index (χ3v) is 5.43. The lowest BCUT2D eigenvalue weighted by Crippen LogP contribution is -2.41. The zero-order chi connectivity index (χ0) is 16.1. The number of benzene rings is 1. The van der Waals surface area contributed by atoms with Crippen LogP contribution in [0.2, 0.25) is 5.02 Å². The van der Waals surface area contributed by atoms with Crippen LogP contribution >= 0.6 is 22.9 Å². The molecular weight excluding hydrogens is 332 g/mol. The molecule has 0 unspecified atom stereocenters. The van der Waals surface area contributed by atoms with E-state index in [4.69, 9.17) is 16.3 Å². The van der Waals surface area contributed by atoms with Crippen LogP contribution in [0.5, 0.6) is 0 Å². The van der Waals surface area contributed by atoms with E-state index in [1.54, 1.807) is 23.5 Å². The zero-order valence-electron chi connectivity index (χ0n) is 12.8. The van der Waals surface area contributed by atoms with Gasteiger partial charge in [0.25, 0.3) is 0 Å². The molecule has 1 saturated heterocycles. The van der Waals surface area contributed by atoms with Gasteiger partial charge in [0.15, 0.2) is 0 Å². The molecule has 1 aliphatic rings. The smallest absolute Gasteiger partial charge is 0.244 e. The Hall–Kier alpha value is -1.40. The SMILES string of the molecule is O=C(/C=C\c1sc2ccccc2c1Cl)NCCN1CCOCC1. The molecule has 0 spiro atoms. The summed E-state index contributed by atoms with van der Waals surface area (Å²) >= 11 is 7.95. The molecule has 1 fully saturated rings. The standard InChI is InChI=1S/C17H19ClN2O2S/c18-17-13-3-1-2-4-14(13)23-15(17)5-6-16(21)19-7-8-20-9-11-22-12-10-20/h1-6H,7-12H2,(H,19,21)/b6-5-. The lowest BCUT2D eigenvalue weighted by molar-refractivity contribution is -0.116. The molecule has 1 aromatic carbocycles. The Balaban J connectivity index is 1.52. The fourth-order valence-electron chi connectivity index (χ4n) is 2.51. The van der Waals surface area contributed by atoms with Gasteiger partial charge in [-0.1, -0.05) is 29.8 Å². The summed E-state index contributed by atoms with van der Waals surface area (Å²) in [5, 5.41) is 4.65. The van der Waals surface area contributed by atoms with Gasteiger partial charge in [0.1, 0.15) is 0 Å². The van der Waals surface area contributed by atoms with Gasteiger partial charge in [-0.05, 0) is 12.1 Å². The minimum atomic E-state index is -0.0909. The van der Waals surface area contributed by atoms with Crippen molar-refractivity contribution in [2.45, 2.75) is 0 Å². The summed E-state index contributed by atoms with van der Waals surface area (Å²) in [5.74, 6) is -0.0909. The monoisotopic (exact) mass is 350 g/mol. The number of hydrogen-bond acceptors (Lipinski definition) is 4. The lowest BCUT2D eigenvalue weighted by atomic mass is 10.2. The lowest BCUT2D eigenvalue weighted by Gasteiger charge is -2.26. The molecule has 0 bridgehead atoms. The largest absolute Gasteiger partial charge is 0.379 e. The highest BCUT2D eigenvalue weighted by Gasteiger charge is 2.10. The molecule has 1 aromatic heterocycles. The molecule has 2 aromatic rings. The van der Waals surface area contributed by atoms with Crippen molar-refractivity contribution in [2.24, 2.45) is 0 Å². The van der Waals surface area contributed by atoms with E-state index < -0.39 is 0 Å². The second-order valence-electron chi connectivity index (χ2n) is 5.35. The van der Waals surface area contributed by atoms with E-state index in [2.05, 4.69) is 10.2 Å². The quantitative estimate of drug-likeness (QED) is 0.843. The first-order valence-corrected chi connectivity index (χ1v) is 8.86. The van der Waals surface area contributed by atoms with Crippen LogP contribution in [0.3, 0.4) is 0 Å². The van der Waals surface area contributed by atoms with Gasteiger partial charge in [-0.15, -0.1) is 11.3 Å². The van der Waals surface area contributed by atoms with Crippen LogP contribution in [-0.4, -0.2) is 50.2 Å². The number of nitrogens with zero attached hydrogens (tertiary/aromatic N) is 1. The topological polar surface area (TPSA) is 41.6 Å². The van der Waals surface area contributed by atoms with Crippen molar-refractivity contribution in [1.29, 1.82) is 0 Å². The summed E-state index contributed by atoms with van der Waals surface area (Å²) in [5.41, 5.74) is 0. The number of nitrogens with one attached hydrogen (secondary N) is 1. The van der Waals surface area contributed by atoms with Crippen molar-refractivity contribution >= 4 is 45.0 Å².